The van der Waals surface area contributed by atoms with Gasteiger partial charge in [0.25, 0.3) is 0 Å². The largest absolute Gasteiger partial charge is 0.488 e. The smallest absolute Gasteiger partial charge is 0.166 e. The van der Waals surface area contributed by atoms with Crippen molar-refractivity contribution in [3.63, 3.8) is 0 Å². The van der Waals surface area contributed by atoms with Gasteiger partial charge in [-0.25, -0.2) is 4.39 Å². The number of rotatable bonds is 3. The summed E-state index contributed by atoms with van der Waals surface area (Å²) in [5.41, 5.74) is 0.242. The van der Waals surface area contributed by atoms with E-state index >= 15 is 0 Å². The second kappa shape index (κ2) is 4.58. The van der Waals surface area contributed by atoms with Gasteiger partial charge in [0.05, 0.1) is 17.7 Å². The summed E-state index contributed by atoms with van der Waals surface area (Å²) in [6.07, 6.45) is -0.648. The Bertz CT molecular complexity index is 358. The number of nitrogens with zero attached hydrogens (tertiary/aromatic N) is 1. The highest BCUT2D eigenvalue weighted by Crippen LogP contribution is 2.17. The summed E-state index contributed by atoms with van der Waals surface area (Å²) in [7, 11) is 0. The third-order valence-corrected chi connectivity index (χ3v) is 1.54. The highest BCUT2D eigenvalue weighted by atomic mass is 19.1. The summed E-state index contributed by atoms with van der Waals surface area (Å²) in [4.78, 5) is 0. The molecule has 3 nitrogen and oxygen atoms in total. The summed E-state index contributed by atoms with van der Waals surface area (Å²) in [5.74, 6) is -0.547. The van der Waals surface area contributed by atoms with Crippen LogP contribution in [0.5, 0.6) is 5.75 Å². The standard InChI is InChI=1S/C10H10FNO2/c1-7(13)6-14-10-3-2-8(5-12)4-9(10)11/h2-4,7,13H,6H2,1H3. The molecular formula is C10H10FNO2. The number of aliphatic hydroxyl groups excluding tert-OH is 1. The molecule has 0 aliphatic heterocycles. The van der Waals surface area contributed by atoms with Gasteiger partial charge < -0.3 is 9.84 Å². The highest BCUT2D eigenvalue weighted by Gasteiger charge is 2.05. The lowest BCUT2D eigenvalue weighted by Gasteiger charge is -2.08. The first-order valence-electron chi connectivity index (χ1n) is 4.14. The van der Waals surface area contributed by atoms with Crippen LogP contribution in [-0.4, -0.2) is 17.8 Å². The summed E-state index contributed by atoms with van der Waals surface area (Å²) in [5, 5.41) is 17.4. The molecule has 0 saturated heterocycles. The average molecular weight is 195 g/mol. The third kappa shape index (κ3) is 2.71. The van der Waals surface area contributed by atoms with E-state index in [1.807, 2.05) is 6.07 Å². The minimum atomic E-state index is -0.648. The molecule has 4 heteroatoms. The first-order chi connectivity index (χ1) is 6.63. The van der Waals surface area contributed by atoms with E-state index in [-0.39, 0.29) is 17.9 Å². The van der Waals surface area contributed by atoms with Gasteiger partial charge >= 0.3 is 0 Å². The van der Waals surface area contributed by atoms with E-state index in [1.54, 1.807) is 6.92 Å². The molecule has 0 saturated carbocycles. The van der Waals surface area contributed by atoms with E-state index in [0.29, 0.717) is 0 Å². The molecule has 0 amide bonds. The van der Waals surface area contributed by atoms with E-state index in [2.05, 4.69) is 0 Å². The van der Waals surface area contributed by atoms with Crippen molar-refractivity contribution >= 4 is 0 Å². The fourth-order valence-corrected chi connectivity index (χ4v) is 0.898. The van der Waals surface area contributed by atoms with Crippen molar-refractivity contribution in [2.45, 2.75) is 13.0 Å². The molecule has 0 bridgehead atoms. The van der Waals surface area contributed by atoms with Crippen molar-refractivity contribution in [1.29, 1.82) is 5.26 Å². The molecule has 0 aliphatic rings. The number of nitriles is 1. The van der Waals surface area contributed by atoms with Gasteiger partial charge in [-0.1, -0.05) is 0 Å². The Hall–Kier alpha value is -1.60. The summed E-state index contributed by atoms with van der Waals surface area (Å²) >= 11 is 0. The van der Waals surface area contributed by atoms with Crippen LogP contribution in [0.3, 0.4) is 0 Å². The Kier molecular flexibility index (Phi) is 3.43. The number of halogens is 1. The molecule has 1 N–H and O–H groups in total. The minimum Gasteiger partial charge on any atom is -0.488 e. The Balaban J connectivity index is 2.75. The van der Waals surface area contributed by atoms with Gasteiger partial charge in [-0.15, -0.1) is 0 Å². The van der Waals surface area contributed by atoms with Crippen molar-refractivity contribution in [2.75, 3.05) is 6.61 Å². The first kappa shape index (κ1) is 10.5. The number of aliphatic hydroxyl groups is 1. The van der Waals surface area contributed by atoms with Crippen molar-refractivity contribution in [3.05, 3.63) is 29.6 Å². The zero-order valence-electron chi connectivity index (χ0n) is 7.70. The van der Waals surface area contributed by atoms with Gasteiger partial charge in [0.1, 0.15) is 6.61 Å². The van der Waals surface area contributed by atoms with E-state index in [1.165, 1.54) is 12.1 Å². The van der Waals surface area contributed by atoms with Gasteiger partial charge in [-0.2, -0.15) is 5.26 Å². The number of benzene rings is 1. The van der Waals surface area contributed by atoms with E-state index < -0.39 is 11.9 Å². The van der Waals surface area contributed by atoms with Gasteiger partial charge in [0, 0.05) is 0 Å². The lowest BCUT2D eigenvalue weighted by Crippen LogP contribution is -2.13. The van der Waals surface area contributed by atoms with Crippen molar-refractivity contribution in [2.24, 2.45) is 0 Å². The third-order valence-electron chi connectivity index (χ3n) is 1.54. The molecule has 74 valence electrons. The molecule has 1 rings (SSSR count). The lowest BCUT2D eigenvalue weighted by atomic mass is 10.2. The van der Waals surface area contributed by atoms with Crippen LogP contribution in [0, 0.1) is 17.1 Å². The molecule has 1 aromatic carbocycles. The Labute approximate surface area is 81.4 Å². The molecule has 0 radical (unpaired) electrons. The van der Waals surface area contributed by atoms with Crippen LogP contribution in [0.4, 0.5) is 4.39 Å². The van der Waals surface area contributed by atoms with Gasteiger partial charge in [-0.3, -0.25) is 0 Å². The maximum Gasteiger partial charge on any atom is 0.166 e. The predicted octanol–water partition coefficient (Wildman–Crippen LogP) is 1.46. The second-order valence-electron chi connectivity index (χ2n) is 2.92. The van der Waals surface area contributed by atoms with Crippen molar-refractivity contribution < 1.29 is 14.2 Å². The van der Waals surface area contributed by atoms with Crippen LogP contribution in [-0.2, 0) is 0 Å². The summed E-state index contributed by atoms with van der Waals surface area (Å²) in [6, 6.07) is 5.74. The highest BCUT2D eigenvalue weighted by molar-refractivity contribution is 5.35. The van der Waals surface area contributed by atoms with Crippen LogP contribution < -0.4 is 4.74 Å². The normalized spacial score (nSPS) is 11.9. The minimum absolute atomic E-state index is 0.0306. The van der Waals surface area contributed by atoms with E-state index in [4.69, 9.17) is 15.1 Å². The van der Waals surface area contributed by atoms with Crippen LogP contribution >= 0.6 is 0 Å². The first-order valence-corrected chi connectivity index (χ1v) is 4.14. The summed E-state index contributed by atoms with van der Waals surface area (Å²) in [6.45, 7) is 1.57. The molecule has 1 atom stereocenters. The Morgan fingerprint density at radius 3 is 2.86 bits per heavy atom. The molecule has 1 aromatic rings. The molecule has 0 fully saturated rings. The molecule has 0 aliphatic carbocycles. The Morgan fingerprint density at radius 2 is 2.36 bits per heavy atom. The average Bonchev–Trinajstić information content (AvgIpc) is 2.15. The second-order valence-corrected chi connectivity index (χ2v) is 2.92. The summed E-state index contributed by atoms with van der Waals surface area (Å²) < 4.78 is 18.1. The fraction of sp³-hybridized carbons (Fsp3) is 0.300. The van der Waals surface area contributed by atoms with Crippen LogP contribution in [0.25, 0.3) is 0 Å². The van der Waals surface area contributed by atoms with E-state index in [9.17, 15) is 4.39 Å². The Morgan fingerprint density at radius 1 is 1.64 bits per heavy atom. The molecule has 14 heavy (non-hydrogen) atoms. The molecule has 0 aromatic heterocycles. The maximum atomic E-state index is 13.1. The van der Waals surface area contributed by atoms with Crippen molar-refractivity contribution in [1.82, 2.24) is 0 Å². The number of hydrogen-bond acceptors (Lipinski definition) is 3. The van der Waals surface area contributed by atoms with Gasteiger partial charge in [0.15, 0.2) is 11.6 Å². The van der Waals surface area contributed by atoms with Crippen LogP contribution in [0.1, 0.15) is 12.5 Å². The van der Waals surface area contributed by atoms with Gasteiger partial charge in [0.2, 0.25) is 0 Å². The van der Waals surface area contributed by atoms with Crippen LogP contribution in [0.2, 0.25) is 0 Å². The zero-order valence-corrected chi connectivity index (χ0v) is 7.70. The van der Waals surface area contributed by atoms with E-state index in [0.717, 1.165) is 6.07 Å². The molecular weight excluding hydrogens is 185 g/mol. The number of hydrogen-bond donors (Lipinski definition) is 1. The topological polar surface area (TPSA) is 53.2 Å². The fourth-order valence-electron chi connectivity index (χ4n) is 0.898. The lowest BCUT2D eigenvalue weighted by molar-refractivity contribution is 0.120. The van der Waals surface area contributed by atoms with Crippen LogP contribution in [0.15, 0.2) is 18.2 Å². The monoisotopic (exact) mass is 195 g/mol. The quantitative estimate of drug-likeness (QED) is 0.794. The predicted molar refractivity (Wildman–Crippen MR) is 48.3 cm³/mol. The maximum absolute atomic E-state index is 13.1. The number of ether oxygens (including phenoxy) is 1. The van der Waals surface area contributed by atoms with Crippen molar-refractivity contribution in [3.8, 4) is 11.8 Å². The van der Waals surface area contributed by atoms with Gasteiger partial charge in [-0.05, 0) is 25.1 Å². The molecule has 0 heterocycles. The SMILES string of the molecule is CC(O)COc1ccc(C#N)cc1F. The molecule has 1 unspecified atom stereocenters. The molecule has 0 spiro atoms. The zero-order chi connectivity index (χ0) is 10.6.